The molecular formula is C15H16FN7O. The number of benzene rings is 1. The van der Waals surface area contributed by atoms with Crippen LogP contribution in [0, 0.1) is 11.3 Å². The third-order valence-electron chi connectivity index (χ3n) is 3.16. The van der Waals surface area contributed by atoms with Gasteiger partial charge in [0.15, 0.2) is 5.82 Å². The van der Waals surface area contributed by atoms with Gasteiger partial charge >= 0.3 is 0 Å². The molecule has 124 valence electrons. The molecule has 0 saturated heterocycles. The average molecular weight is 329 g/mol. The van der Waals surface area contributed by atoms with Crippen LogP contribution in [0.2, 0.25) is 0 Å². The maximum atomic E-state index is 12.7. The number of hydrogen-bond donors (Lipinski definition) is 4. The Balaban J connectivity index is 2.13. The van der Waals surface area contributed by atoms with Crippen molar-refractivity contribution in [2.24, 2.45) is 0 Å². The van der Waals surface area contributed by atoms with Crippen LogP contribution in [0.25, 0.3) is 0 Å². The van der Waals surface area contributed by atoms with Gasteiger partial charge in [0, 0.05) is 5.69 Å². The fourth-order valence-electron chi connectivity index (χ4n) is 1.96. The Morgan fingerprint density at radius 2 is 2.17 bits per heavy atom. The molecule has 1 aromatic heterocycles. The molecule has 2 rings (SSSR count). The van der Waals surface area contributed by atoms with Crippen LogP contribution in [-0.4, -0.2) is 21.9 Å². The summed E-state index contributed by atoms with van der Waals surface area (Å²) in [5.74, 6) is -0.513. The number of nitrogens with zero attached hydrogens (tertiary/aromatic N) is 3. The van der Waals surface area contributed by atoms with Gasteiger partial charge in [0.2, 0.25) is 11.9 Å². The van der Waals surface area contributed by atoms with Gasteiger partial charge in [-0.3, -0.25) is 4.79 Å². The van der Waals surface area contributed by atoms with E-state index in [-0.39, 0.29) is 23.1 Å². The van der Waals surface area contributed by atoms with Crippen molar-refractivity contribution >= 4 is 29.2 Å². The molecule has 0 fully saturated rings. The minimum absolute atomic E-state index is 0.00303. The van der Waals surface area contributed by atoms with Crippen LogP contribution in [0.4, 0.5) is 27.7 Å². The summed E-state index contributed by atoms with van der Waals surface area (Å²) in [5.41, 5.74) is 12.0. The molecule has 2 aromatic rings. The molecule has 0 saturated carbocycles. The summed E-state index contributed by atoms with van der Waals surface area (Å²) in [4.78, 5) is 19.8. The molecule has 0 spiro atoms. The van der Waals surface area contributed by atoms with E-state index in [0.29, 0.717) is 11.3 Å². The first kappa shape index (κ1) is 17.0. The second kappa shape index (κ2) is 7.23. The van der Waals surface area contributed by atoms with E-state index < -0.39 is 18.6 Å². The Labute approximate surface area is 137 Å². The van der Waals surface area contributed by atoms with Crippen molar-refractivity contribution in [3.05, 3.63) is 35.4 Å². The van der Waals surface area contributed by atoms with Gasteiger partial charge in [-0.1, -0.05) is 12.1 Å². The number of aromatic nitrogens is 2. The van der Waals surface area contributed by atoms with E-state index in [1.807, 2.05) is 6.07 Å². The van der Waals surface area contributed by atoms with Gasteiger partial charge in [0.1, 0.15) is 30.2 Å². The average Bonchev–Trinajstić information content (AvgIpc) is 2.54. The Kier molecular flexibility index (Phi) is 5.11. The highest BCUT2D eigenvalue weighted by Gasteiger charge is 2.18. The molecule has 0 aliphatic carbocycles. The summed E-state index contributed by atoms with van der Waals surface area (Å²) in [7, 11) is 0. The van der Waals surface area contributed by atoms with Gasteiger partial charge in [-0.25, -0.2) is 4.39 Å². The number of alkyl halides is 1. The minimum atomic E-state index is -0.750. The lowest BCUT2D eigenvalue weighted by molar-refractivity contribution is -0.116. The number of nitriles is 1. The fourth-order valence-corrected chi connectivity index (χ4v) is 1.96. The van der Waals surface area contributed by atoms with Crippen molar-refractivity contribution in [3.8, 4) is 6.07 Å². The number of hydrogen-bond acceptors (Lipinski definition) is 7. The number of anilines is 4. The standard InChI is InChI=1S/C15H16FN7O/c1-8(14(24)21-10-4-2-3-9(5-10)6-16)20-13-11(7-17)12(18)22-15(19)23-13/h2-5,8H,6H2,1H3,(H,21,24)(H5,18,19,20,22,23)/t8-/m0/s1. The molecule has 9 heteroatoms. The molecule has 6 N–H and O–H groups in total. The molecular weight excluding hydrogens is 313 g/mol. The third-order valence-corrected chi connectivity index (χ3v) is 3.16. The quantitative estimate of drug-likeness (QED) is 0.649. The fraction of sp³-hybridized carbons (Fsp3) is 0.200. The van der Waals surface area contributed by atoms with Crippen molar-refractivity contribution < 1.29 is 9.18 Å². The number of nitrogens with two attached hydrogens (primary N) is 2. The molecule has 24 heavy (non-hydrogen) atoms. The molecule has 1 atom stereocenters. The van der Waals surface area contributed by atoms with Crippen LogP contribution in [0.5, 0.6) is 0 Å². The summed E-state index contributed by atoms with van der Waals surface area (Å²) in [6, 6.07) is 7.54. The predicted molar refractivity (Wildman–Crippen MR) is 88.5 cm³/mol. The zero-order valence-electron chi connectivity index (χ0n) is 12.9. The molecule has 0 bridgehead atoms. The Morgan fingerprint density at radius 3 is 2.83 bits per heavy atom. The number of nitrogen functional groups attached to an aromatic ring is 2. The van der Waals surface area contributed by atoms with Crippen LogP contribution in [0.1, 0.15) is 18.1 Å². The topological polar surface area (TPSA) is 143 Å². The molecule has 1 amide bonds. The molecule has 8 nitrogen and oxygen atoms in total. The van der Waals surface area contributed by atoms with E-state index in [1.165, 1.54) is 6.07 Å². The number of carbonyl (C=O) groups is 1. The van der Waals surface area contributed by atoms with Gasteiger partial charge in [0.05, 0.1) is 0 Å². The zero-order valence-corrected chi connectivity index (χ0v) is 12.9. The molecule has 1 heterocycles. The summed E-state index contributed by atoms with van der Waals surface area (Å²) >= 11 is 0. The Hall–Kier alpha value is -3.41. The van der Waals surface area contributed by atoms with E-state index in [9.17, 15) is 9.18 Å². The summed E-state index contributed by atoms with van der Waals surface area (Å²) in [6.07, 6.45) is 0. The van der Waals surface area contributed by atoms with Gasteiger partial charge in [-0.15, -0.1) is 0 Å². The van der Waals surface area contributed by atoms with Crippen molar-refractivity contribution in [2.75, 3.05) is 22.1 Å². The monoisotopic (exact) mass is 329 g/mol. The van der Waals surface area contributed by atoms with Crippen molar-refractivity contribution in [2.45, 2.75) is 19.6 Å². The van der Waals surface area contributed by atoms with Gasteiger partial charge < -0.3 is 22.1 Å². The lowest BCUT2D eigenvalue weighted by atomic mass is 10.2. The first-order chi connectivity index (χ1) is 11.4. The lowest BCUT2D eigenvalue weighted by Crippen LogP contribution is -2.32. The van der Waals surface area contributed by atoms with Crippen LogP contribution in [-0.2, 0) is 11.5 Å². The smallest absolute Gasteiger partial charge is 0.246 e. The Morgan fingerprint density at radius 1 is 1.42 bits per heavy atom. The first-order valence-corrected chi connectivity index (χ1v) is 7.00. The normalized spacial score (nSPS) is 11.4. The van der Waals surface area contributed by atoms with Crippen LogP contribution >= 0.6 is 0 Å². The van der Waals surface area contributed by atoms with E-state index in [4.69, 9.17) is 16.7 Å². The molecule has 0 aliphatic heterocycles. The molecule has 0 unspecified atom stereocenters. The number of rotatable bonds is 5. The highest BCUT2D eigenvalue weighted by molar-refractivity contribution is 5.96. The highest BCUT2D eigenvalue weighted by Crippen LogP contribution is 2.19. The molecule has 0 aliphatic rings. The number of nitrogens with one attached hydrogen (secondary N) is 2. The number of halogens is 1. The second-order valence-corrected chi connectivity index (χ2v) is 4.99. The molecule has 0 radical (unpaired) electrons. The second-order valence-electron chi connectivity index (χ2n) is 4.99. The van der Waals surface area contributed by atoms with E-state index in [0.717, 1.165) is 0 Å². The van der Waals surface area contributed by atoms with Crippen LogP contribution in [0.15, 0.2) is 24.3 Å². The van der Waals surface area contributed by atoms with E-state index in [1.54, 1.807) is 25.1 Å². The number of carbonyl (C=O) groups excluding carboxylic acids is 1. The molecule has 1 aromatic carbocycles. The third kappa shape index (κ3) is 3.86. The van der Waals surface area contributed by atoms with E-state index >= 15 is 0 Å². The predicted octanol–water partition coefficient (Wildman–Crippen LogP) is 1.42. The van der Waals surface area contributed by atoms with Crippen molar-refractivity contribution in [1.29, 1.82) is 5.26 Å². The van der Waals surface area contributed by atoms with Crippen LogP contribution < -0.4 is 22.1 Å². The maximum Gasteiger partial charge on any atom is 0.246 e. The highest BCUT2D eigenvalue weighted by atomic mass is 19.1. The first-order valence-electron chi connectivity index (χ1n) is 7.00. The Bertz CT molecular complexity index is 803. The van der Waals surface area contributed by atoms with Crippen molar-refractivity contribution in [1.82, 2.24) is 9.97 Å². The minimum Gasteiger partial charge on any atom is -0.382 e. The summed E-state index contributed by atoms with van der Waals surface area (Å²) in [6.45, 7) is 0.951. The SMILES string of the molecule is C[C@H](Nc1nc(N)nc(N)c1C#N)C(=O)Nc1cccc(CF)c1. The van der Waals surface area contributed by atoms with Gasteiger partial charge in [-0.2, -0.15) is 15.2 Å². The zero-order chi connectivity index (χ0) is 17.7. The maximum absolute atomic E-state index is 12.7. The van der Waals surface area contributed by atoms with Gasteiger partial charge in [-0.05, 0) is 24.6 Å². The van der Waals surface area contributed by atoms with E-state index in [2.05, 4.69) is 20.6 Å². The van der Waals surface area contributed by atoms with Crippen molar-refractivity contribution in [3.63, 3.8) is 0 Å². The van der Waals surface area contributed by atoms with Gasteiger partial charge in [0.25, 0.3) is 0 Å². The number of amides is 1. The van der Waals surface area contributed by atoms with Crippen LogP contribution in [0.3, 0.4) is 0 Å². The summed E-state index contributed by atoms with van der Waals surface area (Å²) < 4.78 is 12.7. The largest absolute Gasteiger partial charge is 0.382 e. The summed E-state index contributed by atoms with van der Waals surface area (Å²) in [5, 5.41) is 14.5. The lowest BCUT2D eigenvalue weighted by Gasteiger charge is -2.16.